The molecule has 0 aromatic rings. The van der Waals surface area contributed by atoms with Crippen LogP contribution in [-0.4, -0.2) is 49.2 Å². The van der Waals surface area contributed by atoms with Crippen LogP contribution >= 0.6 is 0 Å². The first-order valence-corrected chi connectivity index (χ1v) is 9.99. The molecule has 1 N–H and O–H groups in total. The van der Waals surface area contributed by atoms with Crippen LogP contribution in [0.4, 0.5) is 0 Å². The zero-order chi connectivity index (χ0) is 17.5. The third-order valence-electron chi connectivity index (χ3n) is 3.73. The molecule has 6 heteroatoms. The highest BCUT2D eigenvalue weighted by molar-refractivity contribution is 7.79. The topological polar surface area (TPSA) is 77.4 Å². The molecule has 0 aromatic heterocycles. The SMILES string of the molecule is CCCCCCCCC[N+](C)(C)CCCCC.O=S(=O)([O-])O. The molecule has 0 saturated carbocycles. The Kier molecular flexibility index (Phi) is 15.8. The normalized spacial score (nSPS) is 11.9. The number of quaternary nitrogens is 1. The van der Waals surface area contributed by atoms with Gasteiger partial charge in [0, 0.05) is 0 Å². The molecule has 0 spiro atoms. The minimum Gasteiger partial charge on any atom is -0.726 e. The zero-order valence-corrected chi connectivity index (χ0v) is 15.8. The number of unbranched alkanes of at least 4 members (excludes halogenated alkanes) is 8. The molecular formula is C16H37NO4S. The highest BCUT2D eigenvalue weighted by atomic mass is 32.3. The summed E-state index contributed by atoms with van der Waals surface area (Å²) in [4.78, 5) is 0. The zero-order valence-electron chi connectivity index (χ0n) is 15.0. The summed E-state index contributed by atoms with van der Waals surface area (Å²) in [5.74, 6) is 0. The Balaban J connectivity index is 0. The Morgan fingerprint density at radius 3 is 1.45 bits per heavy atom. The monoisotopic (exact) mass is 339 g/mol. The molecule has 0 bridgehead atoms. The second-order valence-corrected chi connectivity index (χ2v) is 7.49. The van der Waals surface area contributed by atoms with Gasteiger partial charge in [-0.15, -0.1) is 0 Å². The smallest absolute Gasteiger partial charge is 0.215 e. The standard InChI is InChI=1S/C16H36N.H2O4S/c1-5-7-9-10-11-12-14-16-17(3,4)15-13-8-6-2;1-5(2,3)4/h5-16H2,1-4H3;(H2,1,2,3,4)/q+1;/p-1. The molecule has 0 atom stereocenters. The molecule has 0 aliphatic rings. The van der Waals surface area contributed by atoms with Crippen LogP contribution in [0.1, 0.15) is 78.1 Å². The van der Waals surface area contributed by atoms with Crippen molar-refractivity contribution < 1.29 is 22.0 Å². The minimum absolute atomic E-state index is 1.23. The third-order valence-corrected chi connectivity index (χ3v) is 3.73. The van der Waals surface area contributed by atoms with E-state index in [0.717, 1.165) is 0 Å². The molecule has 22 heavy (non-hydrogen) atoms. The number of nitrogens with zero attached hydrogens (tertiary/aromatic N) is 1. The second-order valence-electron chi connectivity index (χ2n) is 6.64. The van der Waals surface area contributed by atoms with E-state index in [1.165, 1.54) is 81.8 Å². The summed E-state index contributed by atoms with van der Waals surface area (Å²) in [5, 5.41) is 0. The van der Waals surface area contributed by atoms with Gasteiger partial charge in [-0.3, -0.25) is 4.55 Å². The molecular weight excluding hydrogens is 302 g/mol. The summed E-state index contributed by atoms with van der Waals surface area (Å²) in [6, 6.07) is 0. The molecule has 0 radical (unpaired) electrons. The molecule has 0 saturated heterocycles. The van der Waals surface area contributed by atoms with Crippen LogP contribution in [0.15, 0.2) is 0 Å². The van der Waals surface area contributed by atoms with E-state index in [0.29, 0.717) is 0 Å². The largest absolute Gasteiger partial charge is 0.726 e. The van der Waals surface area contributed by atoms with Gasteiger partial charge < -0.3 is 9.04 Å². The van der Waals surface area contributed by atoms with E-state index >= 15 is 0 Å². The quantitative estimate of drug-likeness (QED) is 0.252. The number of hydrogen-bond acceptors (Lipinski definition) is 3. The Hall–Kier alpha value is -0.170. The summed E-state index contributed by atoms with van der Waals surface area (Å²) >= 11 is 0. The van der Waals surface area contributed by atoms with Gasteiger partial charge in [0.05, 0.1) is 27.2 Å². The maximum atomic E-state index is 8.63. The van der Waals surface area contributed by atoms with E-state index in [4.69, 9.17) is 17.5 Å². The molecule has 0 aliphatic heterocycles. The van der Waals surface area contributed by atoms with E-state index < -0.39 is 10.4 Å². The van der Waals surface area contributed by atoms with Crippen LogP contribution < -0.4 is 0 Å². The Morgan fingerprint density at radius 1 is 0.773 bits per heavy atom. The Labute approximate surface area is 138 Å². The van der Waals surface area contributed by atoms with E-state index in [9.17, 15) is 0 Å². The van der Waals surface area contributed by atoms with Crippen molar-refractivity contribution in [2.24, 2.45) is 0 Å². The second kappa shape index (κ2) is 14.4. The van der Waals surface area contributed by atoms with Gasteiger partial charge >= 0.3 is 0 Å². The molecule has 0 fully saturated rings. The summed E-state index contributed by atoms with van der Waals surface area (Å²) in [5.41, 5.74) is 0. The van der Waals surface area contributed by atoms with Gasteiger partial charge in [0.2, 0.25) is 10.4 Å². The fraction of sp³-hybridized carbons (Fsp3) is 1.00. The maximum absolute atomic E-state index is 8.63. The first kappa shape index (κ1) is 24.1. The van der Waals surface area contributed by atoms with Gasteiger partial charge in [-0.2, -0.15) is 0 Å². The molecule has 0 heterocycles. The van der Waals surface area contributed by atoms with Crippen molar-refractivity contribution in [3.8, 4) is 0 Å². The van der Waals surface area contributed by atoms with Crippen molar-refractivity contribution in [2.75, 3.05) is 27.2 Å². The minimum atomic E-state index is -4.92. The number of rotatable bonds is 12. The lowest BCUT2D eigenvalue weighted by Crippen LogP contribution is -2.41. The molecule has 0 amide bonds. The lowest BCUT2D eigenvalue weighted by atomic mass is 10.1. The third kappa shape index (κ3) is 28.1. The van der Waals surface area contributed by atoms with Crippen LogP contribution in [0.25, 0.3) is 0 Å². The van der Waals surface area contributed by atoms with Gasteiger partial charge in [-0.05, 0) is 25.7 Å². The van der Waals surface area contributed by atoms with Crippen LogP contribution in [-0.2, 0) is 10.4 Å². The summed E-state index contributed by atoms with van der Waals surface area (Å²) in [7, 11) is -0.126. The van der Waals surface area contributed by atoms with Crippen LogP contribution in [0.3, 0.4) is 0 Å². The molecule has 0 aliphatic carbocycles. The van der Waals surface area contributed by atoms with E-state index in [1.54, 1.807) is 0 Å². The summed E-state index contributed by atoms with van der Waals surface area (Å²) in [6.07, 6.45) is 14.2. The van der Waals surface area contributed by atoms with E-state index in [2.05, 4.69) is 27.9 Å². The van der Waals surface area contributed by atoms with Gasteiger partial charge in [0.15, 0.2) is 0 Å². The summed E-state index contributed by atoms with van der Waals surface area (Å²) < 4.78 is 34.1. The first-order chi connectivity index (χ1) is 10.1. The van der Waals surface area contributed by atoms with Crippen molar-refractivity contribution in [1.82, 2.24) is 0 Å². The average molecular weight is 340 g/mol. The highest BCUT2D eigenvalue weighted by Gasteiger charge is 2.13. The van der Waals surface area contributed by atoms with Crippen molar-refractivity contribution >= 4 is 10.4 Å². The van der Waals surface area contributed by atoms with Crippen LogP contribution in [0, 0.1) is 0 Å². The fourth-order valence-corrected chi connectivity index (χ4v) is 2.40. The van der Waals surface area contributed by atoms with E-state index in [1.807, 2.05) is 0 Å². The first-order valence-electron chi connectivity index (χ1n) is 8.62. The van der Waals surface area contributed by atoms with Crippen molar-refractivity contribution in [2.45, 2.75) is 78.1 Å². The van der Waals surface area contributed by atoms with Gasteiger partial charge in [-0.25, -0.2) is 8.42 Å². The predicted octanol–water partition coefficient (Wildman–Crippen LogP) is 4.01. The molecule has 136 valence electrons. The molecule has 0 aromatic carbocycles. The van der Waals surface area contributed by atoms with Gasteiger partial charge in [-0.1, -0.05) is 52.4 Å². The Bertz CT molecular complexity index is 321. The van der Waals surface area contributed by atoms with Gasteiger partial charge in [0.25, 0.3) is 0 Å². The summed E-state index contributed by atoms with van der Waals surface area (Å²) in [6.45, 7) is 7.31. The van der Waals surface area contributed by atoms with Crippen LogP contribution in [0.5, 0.6) is 0 Å². The molecule has 0 unspecified atom stereocenters. The molecule has 5 nitrogen and oxygen atoms in total. The van der Waals surface area contributed by atoms with Crippen LogP contribution in [0.2, 0.25) is 0 Å². The van der Waals surface area contributed by atoms with Crippen molar-refractivity contribution in [1.29, 1.82) is 0 Å². The van der Waals surface area contributed by atoms with Crippen molar-refractivity contribution in [3.05, 3.63) is 0 Å². The Morgan fingerprint density at radius 2 is 1.05 bits per heavy atom. The average Bonchev–Trinajstić information content (AvgIpc) is 2.36. The van der Waals surface area contributed by atoms with Crippen molar-refractivity contribution in [3.63, 3.8) is 0 Å². The number of hydrogen-bond donors (Lipinski definition) is 1. The fourth-order valence-electron chi connectivity index (χ4n) is 2.40. The van der Waals surface area contributed by atoms with Gasteiger partial charge in [0.1, 0.15) is 0 Å². The predicted molar refractivity (Wildman–Crippen MR) is 91.7 cm³/mol. The van der Waals surface area contributed by atoms with E-state index in [-0.39, 0.29) is 0 Å². The maximum Gasteiger partial charge on any atom is 0.215 e. The molecule has 0 rings (SSSR count). The highest BCUT2D eigenvalue weighted by Crippen LogP contribution is 2.10. The lowest BCUT2D eigenvalue weighted by Gasteiger charge is -2.29. The lowest BCUT2D eigenvalue weighted by molar-refractivity contribution is -0.890.